The Labute approximate surface area is 210 Å². The quantitative estimate of drug-likeness (QED) is 0.300. The van der Waals surface area contributed by atoms with Gasteiger partial charge in [-0.2, -0.15) is 5.10 Å². The van der Waals surface area contributed by atoms with E-state index in [0.29, 0.717) is 5.75 Å². The number of rotatable bonds is 5. The van der Waals surface area contributed by atoms with Crippen LogP contribution in [0.2, 0.25) is 0 Å². The van der Waals surface area contributed by atoms with Gasteiger partial charge in [0.15, 0.2) is 5.16 Å². The van der Waals surface area contributed by atoms with Crippen molar-refractivity contribution in [1.82, 2.24) is 15.0 Å². The molecule has 5 nitrogen and oxygen atoms in total. The molecule has 1 aliphatic heterocycles. The van der Waals surface area contributed by atoms with E-state index in [1.807, 2.05) is 6.07 Å². The van der Waals surface area contributed by atoms with Gasteiger partial charge in [0.05, 0.1) is 28.5 Å². The van der Waals surface area contributed by atoms with E-state index in [1.165, 1.54) is 32.7 Å². The van der Waals surface area contributed by atoms with Crippen molar-refractivity contribution < 1.29 is 4.79 Å². The Morgan fingerprint density at radius 1 is 1.24 bits per heavy atom. The van der Waals surface area contributed by atoms with Crippen LogP contribution in [0, 0.1) is 12.8 Å². The molecule has 1 amide bonds. The number of aromatic nitrogens is 2. The summed E-state index contributed by atoms with van der Waals surface area (Å²) in [6.45, 7) is 2.06. The number of carbonyl (C=O) groups is 1. The Balaban J connectivity index is 1.27. The normalized spacial score (nSPS) is 21.3. The largest absolute Gasteiger partial charge is 0.333 e. The minimum Gasteiger partial charge on any atom is -0.333 e. The maximum Gasteiger partial charge on any atom is 0.253 e. The van der Waals surface area contributed by atoms with Gasteiger partial charge in [-0.15, -0.1) is 22.7 Å². The van der Waals surface area contributed by atoms with Gasteiger partial charge in [-0.05, 0) is 78.4 Å². The van der Waals surface area contributed by atoms with Crippen molar-refractivity contribution in [3.63, 3.8) is 0 Å². The number of hydrazone groups is 1. The Kier molecular flexibility index (Phi) is 5.89. The van der Waals surface area contributed by atoms with Crippen LogP contribution in [-0.2, 0) is 4.79 Å². The lowest BCUT2D eigenvalue weighted by atomic mass is 9.79. The SMILES string of the molecule is Cc1ccc2nc(SCC(=O)N3N=C4/C(=C/c5cccs5)CCC[C@H]4[C@@H]3c3cccs3)[nH]c2c1. The molecule has 1 N–H and O–H groups in total. The van der Waals surface area contributed by atoms with E-state index in [1.54, 1.807) is 27.7 Å². The average molecular weight is 505 g/mol. The van der Waals surface area contributed by atoms with Crippen molar-refractivity contribution in [1.29, 1.82) is 0 Å². The zero-order valence-corrected chi connectivity index (χ0v) is 21.2. The number of hydrogen-bond acceptors (Lipinski definition) is 6. The molecule has 0 bridgehead atoms. The number of carbonyl (C=O) groups excluding carboxylic acids is 1. The predicted octanol–water partition coefficient (Wildman–Crippen LogP) is 6.91. The van der Waals surface area contributed by atoms with Crippen molar-refractivity contribution in [2.75, 3.05) is 5.75 Å². The Bertz CT molecular complexity index is 1380. The van der Waals surface area contributed by atoms with Crippen LogP contribution in [0.4, 0.5) is 0 Å². The fourth-order valence-corrected chi connectivity index (χ4v) is 7.15. The van der Waals surface area contributed by atoms with Gasteiger partial charge in [0.2, 0.25) is 0 Å². The zero-order valence-electron chi connectivity index (χ0n) is 18.7. The number of hydrogen-bond donors (Lipinski definition) is 1. The second kappa shape index (κ2) is 9.17. The summed E-state index contributed by atoms with van der Waals surface area (Å²) in [5, 5.41) is 11.7. The first-order chi connectivity index (χ1) is 16.7. The summed E-state index contributed by atoms with van der Waals surface area (Å²) < 4.78 is 0. The predicted molar refractivity (Wildman–Crippen MR) is 143 cm³/mol. The highest BCUT2D eigenvalue weighted by Crippen LogP contribution is 2.46. The van der Waals surface area contributed by atoms with Crippen molar-refractivity contribution in [2.45, 2.75) is 37.4 Å². The highest BCUT2D eigenvalue weighted by molar-refractivity contribution is 7.99. The van der Waals surface area contributed by atoms with Gasteiger partial charge in [0.1, 0.15) is 0 Å². The first-order valence-electron chi connectivity index (χ1n) is 11.4. The maximum atomic E-state index is 13.5. The van der Waals surface area contributed by atoms with Gasteiger partial charge >= 0.3 is 0 Å². The number of fused-ring (bicyclic) bond motifs is 2. The summed E-state index contributed by atoms with van der Waals surface area (Å²) in [7, 11) is 0. The summed E-state index contributed by atoms with van der Waals surface area (Å²) >= 11 is 4.90. The Morgan fingerprint density at radius 3 is 2.94 bits per heavy atom. The summed E-state index contributed by atoms with van der Waals surface area (Å²) in [5.74, 6) is 0.577. The van der Waals surface area contributed by atoms with Crippen LogP contribution in [0.1, 0.15) is 40.6 Å². The number of amides is 1. The Morgan fingerprint density at radius 2 is 2.12 bits per heavy atom. The highest BCUT2D eigenvalue weighted by atomic mass is 32.2. The molecular weight excluding hydrogens is 481 g/mol. The van der Waals surface area contributed by atoms with Crippen LogP contribution < -0.4 is 0 Å². The number of thiophene rings is 2. The second-order valence-corrected chi connectivity index (χ2v) is 11.6. The van der Waals surface area contributed by atoms with Crippen LogP contribution in [0.25, 0.3) is 17.1 Å². The number of benzene rings is 1. The van der Waals surface area contributed by atoms with Crippen molar-refractivity contribution in [2.24, 2.45) is 11.0 Å². The molecule has 172 valence electrons. The van der Waals surface area contributed by atoms with E-state index in [-0.39, 0.29) is 17.9 Å². The molecule has 4 aromatic rings. The molecule has 4 heterocycles. The Hall–Kier alpha value is -2.68. The van der Waals surface area contributed by atoms with E-state index in [2.05, 4.69) is 70.1 Å². The standard InChI is InChI=1S/C26H24N4OS3/c1-16-9-10-20-21(13-16)28-26(27-20)34-15-23(31)30-25(22-8-4-12-33-22)19-7-2-5-17(24(19)29-30)14-18-6-3-11-32-18/h3-4,6,8-14,19,25H,2,5,7,15H2,1H3,(H,27,28)/b17-14+/t19-,25-/m1/s1. The zero-order chi connectivity index (χ0) is 23.1. The molecule has 34 heavy (non-hydrogen) atoms. The third-order valence-electron chi connectivity index (χ3n) is 6.40. The molecule has 3 aromatic heterocycles. The van der Waals surface area contributed by atoms with Crippen LogP contribution in [0.15, 0.2) is 69.1 Å². The second-order valence-electron chi connectivity index (χ2n) is 8.72. The van der Waals surface area contributed by atoms with Gasteiger partial charge in [-0.25, -0.2) is 9.99 Å². The molecule has 0 radical (unpaired) electrons. The number of nitrogens with zero attached hydrogens (tertiary/aromatic N) is 3. The molecule has 1 aromatic carbocycles. The lowest BCUT2D eigenvalue weighted by Crippen LogP contribution is -2.32. The fourth-order valence-electron chi connectivity index (χ4n) is 4.85. The van der Waals surface area contributed by atoms with Crippen LogP contribution in [0.3, 0.4) is 0 Å². The van der Waals surface area contributed by atoms with Gasteiger partial charge in [-0.1, -0.05) is 30.0 Å². The molecule has 2 aliphatic rings. The maximum absolute atomic E-state index is 13.5. The highest BCUT2D eigenvalue weighted by Gasteiger charge is 2.44. The summed E-state index contributed by atoms with van der Waals surface area (Å²) in [6, 6.07) is 14.6. The molecule has 1 aliphatic carbocycles. The van der Waals surface area contributed by atoms with E-state index in [9.17, 15) is 4.79 Å². The van der Waals surface area contributed by atoms with Crippen LogP contribution in [-0.4, -0.2) is 32.3 Å². The fraction of sp³-hybridized carbons (Fsp3) is 0.269. The number of aromatic amines is 1. The molecule has 0 saturated heterocycles. The average Bonchev–Trinajstić information content (AvgIpc) is 3.63. The summed E-state index contributed by atoms with van der Waals surface area (Å²) in [4.78, 5) is 23.9. The van der Waals surface area contributed by atoms with Gasteiger partial charge in [-0.3, -0.25) is 4.79 Å². The number of nitrogens with one attached hydrogen (secondary N) is 1. The van der Waals surface area contributed by atoms with Gasteiger partial charge in [0.25, 0.3) is 5.91 Å². The minimum absolute atomic E-state index is 0.0199. The first-order valence-corrected chi connectivity index (χ1v) is 14.2. The van der Waals surface area contributed by atoms with Crippen molar-refractivity contribution in [3.8, 4) is 0 Å². The van der Waals surface area contributed by atoms with E-state index < -0.39 is 0 Å². The number of allylic oxidation sites excluding steroid dienone is 1. The van der Waals surface area contributed by atoms with Crippen molar-refractivity contribution >= 4 is 63.2 Å². The third kappa shape index (κ3) is 4.15. The molecular formula is C26H24N4OS3. The molecule has 0 unspecified atom stereocenters. The third-order valence-corrected chi connectivity index (χ3v) is 9.02. The number of imidazole rings is 1. The summed E-state index contributed by atoms with van der Waals surface area (Å²) in [5.41, 5.74) is 5.48. The smallest absolute Gasteiger partial charge is 0.253 e. The molecule has 0 spiro atoms. The summed E-state index contributed by atoms with van der Waals surface area (Å²) in [6.07, 6.45) is 5.46. The van der Waals surface area contributed by atoms with Crippen LogP contribution in [0.5, 0.6) is 0 Å². The first kappa shape index (κ1) is 21.8. The lowest BCUT2D eigenvalue weighted by Gasteiger charge is -2.28. The molecule has 1 saturated carbocycles. The monoisotopic (exact) mass is 504 g/mol. The van der Waals surface area contributed by atoms with Gasteiger partial charge < -0.3 is 4.98 Å². The van der Waals surface area contributed by atoms with Crippen molar-refractivity contribution in [3.05, 3.63) is 74.1 Å². The van der Waals surface area contributed by atoms with Crippen LogP contribution >= 0.6 is 34.4 Å². The minimum atomic E-state index is -0.0199. The van der Waals surface area contributed by atoms with Gasteiger partial charge in [0, 0.05) is 15.7 Å². The number of thioether (sulfide) groups is 1. The van der Waals surface area contributed by atoms with E-state index in [0.717, 1.165) is 41.2 Å². The lowest BCUT2D eigenvalue weighted by molar-refractivity contribution is -0.130. The van der Waals surface area contributed by atoms with E-state index >= 15 is 0 Å². The topological polar surface area (TPSA) is 61.4 Å². The number of H-pyrrole nitrogens is 1. The molecule has 8 heteroatoms. The molecule has 1 fully saturated rings. The van der Waals surface area contributed by atoms with E-state index in [4.69, 9.17) is 5.10 Å². The number of aryl methyl sites for hydroxylation is 1. The molecule has 6 rings (SSSR count). The molecule has 2 atom stereocenters.